The molecule has 0 spiro atoms. The minimum absolute atomic E-state index is 0.0836. The fourth-order valence-electron chi connectivity index (χ4n) is 3.67. The minimum atomic E-state index is -0.251. The molecule has 1 aromatic carbocycles. The summed E-state index contributed by atoms with van der Waals surface area (Å²) in [6.07, 6.45) is 7.37. The van der Waals surface area contributed by atoms with Gasteiger partial charge in [-0.05, 0) is 36.3 Å². The molecule has 1 fully saturated rings. The summed E-state index contributed by atoms with van der Waals surface area (Å²) in [7, 11) is 0. The number of ether oxygens (including phenoxy) is 1. The highest BCUT2D eigenvalue weighted by Crippen LogP contribution is 2.43. The molecule has 1 aliphatic carbocycles. The van der Waals surface area contributed by atoms with Gasteiger partial charge < -0.3 is 14.8 Å². The van der Waals surface area contributed by atoms with Crippen molar-refractivity contribution in [2.24, 2.45) is 5.92 Å². The van der Waals surface area contributed by atoms with Gasteiger partial charge in [-0.3, -0.25) is 0 Å². The largest absolute Gasteiger partial charge is 0.485 e. The number of aldehydes is 1. The van der Waals surface area contributed by atoms with Crippen molar-refractivity contribution in [1.29, 1.82) is 0 Å². The zero-order valence-corrected chi connectivity index (χ0v) is 13.0. The Kier molecular flexibility index (Phi) is 4.18. The number of rotatable bonds is 3. The molecule has 3 heteroatoms. The zero-order chi connectivity index (χ0) is 14.8. The molecule has 1 N–H and O–H groups in total. The Labute approximate surface area is 127 Å². The van der Waals surface area contributed by atoms with Gasteiger partial charge in [-0.2, -0.15) is 0 Å². The number of nitrogens with one attached hydrogen (secondary N) is 1. The van der Waals surface area contributed by atoms with Gasteiger partial charge in [-0.15, -0.1) is 0 Å². The first-order valence-corrected chi connectivity index (χ1v) is 8.22. The normalized spacial score (nSPS) is 25.9. The summed E-state index contributed by atoms with van der Waals surface area (Å²) in [4.78, 5) is 11.3. The van der Waals surface area contributed by atoms with Gasteiger partial charge in [0.2, 0.25) is 0 Å². The Bertz CT molecular complexity index is 506. The lowest BCUT2D eigenvalue weighted by molar-refractivity contribution is -0.110. The first-order valence-electron chi connectivity index (χ1n) is 8.22. The number of hydrogen-bond donors (Lipinski definition) is 1. The third-order valence-corrected chi connectivity index (χ3v) is 4.82. The molecular formula is C18H25NO2. The van der Waals surface area contributed by atoms with Crippen molar-refractivity contribution in [2.45, 2.75) is 64.0 Å². The number of carbonyl (C=O) groups excluding carboxylic acids is 1. The van der Waals surface area contributed by atoms with Gasteiger partial charge in [0.05, 0.1) is 5.69 Å². The topological polar surface area (TPSA) is 38.3 Å². The average Bonchev–Trinajstić information content (AvgIpc) is 2.53. The van der Waals surface area contributed by atoms with Crippen molar-refractivity contribution in [2.75, 3.05) is 5.32 Å². The van der Waals surface area contributed by atoms with Crippen LogP contribution in [-0.2, 0) is 4.79 Å². The van der Waals surface area contributed by atoms with Gasteiger partial charge in [0.1, 0.15) is 24.2 Å². The Morgan fingerprint density at radius 3 is 2.67 bits per heavy atom. The summed E-state index contributed by atoms with van der Waals surface area (Å²) in [6, 6.07) is 6.06. The second-order valence-corrected chi connectivity index (χ2v) is 6.69. The van der Waals surface area contributed by atoms with E-state index in [2.05, 4.69) is 31.3 Å². The monoisotopic (exact) mass is 287 g/mol. The van der Waals surface area contributed by atoms with E-state index < -0.39 is 0 Å². The van der Waals surface area contributed by atoms with Gasteiger partial charge in [0, 0.05) is 0 Å². The number of fused-ring (bicyclic) bond motifs is 1. The lowest BCUT2D eigenvalue weighted by Crippen LogP contribution is -2.46. The van der Waals surface area contributed by atoms with Gasteiger partial charge >= 0.3 is 0 Å². The predicted octanol–water partition coefficient (Wildman–Crippen LogP) is 4.13. The third-order valence-electron chi connectivity index (χ3n) is 4.82. The Hall–Kier alpha value is -1.51. The maximum Gasteiger partial charge on any atom is 0.146 e. The van der Waals surface area contributed by atoms with Crippen LogP contribution in [0, 0.1) is 5.92 Å². The molecule has 2 atom stereocenters. The molecule has 1 aliphatic heterocycles. The van der Waals surface area contributed by atoms with Crippen LogP contribution in [0.5, 0.6) is 5.75 Å². The van der Waals surface area contributed by atoms with Crippen LogP contribution in [-0.4, -0.2) is 18.4 Å². The molecule has 0 radical (unpaired) electrons. The van der Waals surface area contributed by atoms with Gasteiger partial charge in [0.15, 0.2) is 0 Å². The maximum absolute atomic E-state index is 11.3. The molecule has 114 valence electrons. The van der Waals surface area contributed by atoms with Crippen LogP contribution in [0.1, 0.15) is 57.4 Å². The lowest BCUT2D eigenvalue weighted by atomic mass is 9.83. The molecule has 0 saturated heterocycles. The second-order valence-electron chi connectivity index (χ2n) is 6.69. The molecule has 3 nitrogen and oxygen atoms in total. The SMILES string of the molecule is CC(C)C1Oc2c(cccc2C2CCCCC2)NC1C=O. The zero-order valence-electron chi connectivity index (χ0n) is 13.0. The van der Waals surface area contributed by atoms with Gasteiger partial charge in [-0.25, -0.2) is 0 Å². The van der Waals surface area contributed by atoms with Crippen molar-refractivity contribution in [3.8, 4) is 5.75 Å². The quantitative estimate of drug-likeness (QED) is 0.849. The molecule has 21 heavy (non-hydrogen) atoms. The van der Waals surface area contributed by atoms with E-state index >= 15 is 0 Å². The average molecular weight is 287 g/mol. The molecule has 1 saturated carbocycles. The number of benzene rings is 1. The van der Waals surface area contributed by atoms with Crippen LogP contribution >= 0.6 is 0 Å². The van der Waals surface area contributed by atoms with Crippen molar-refractivity contribution in [3.05, 3.63) is 23.8 Å². The van der Waals surface area contributed by atoms with E-state index in [-0.39, 0.29) is 12.1 Å². The van der Waals surface area contributed by atoms with E-state index in [1.165, 1.54) is 37.7 Å². The summed E-state index contributed by atoms with van der Waals surface area (Å²) in [5.41, 5.74) is 2.31. The highest BCUT2D eigenvalue weighted by molar-refractivity contribution is 5.72. The second kappa shape index (κ2) is 6.08. The smallest absolute Gasteiger partial charge is 0.146 e. The van der Waals surface area contributed by atoms with Crippen molar-refractivity contribution in [1.82, 2.24) is 0 Å². The van der Waals surface area contributed by atoms with Crippen LogP contribution in [0.15, 0.2) is 18.2 Å². The lowest BCUT2D eigenvalue weighted by Gasteiger charge is -2.37. The molecular weight excluding hydrogens is 262 g/mol. The molecule has 1 heterocycles. The fourth-order valence-corrected chi connectivity index (χ4v) is 3.67. The van der Waals surface area contributed by atoms with Crippen LogP contribution in [0.25, 0.3) is 0 Å². The Morgan fingerprint density at radius 2 is 2.00 bits per heavy atom. The van der Waals surface area contributed by atoms with Crippen LogP contribution in [0.2, 0.25) is 0 Å². The van der Waals surface area contributed by atoms with Gasteiger partial charge in [-0.1, -0.05) is 45.2 Å². The highest BCUT2D eigenvalue weighted by Gasteiger charge is 2.34. The molecule has 0 aromatic heterocycles. The van der Waals surface area contributed by atoms with Crippen molar-refractivity contribution >= 4 is 12.0 Å². The molecule has 1 aromatic rings. The number of anilines is 1. The summed E-state index contributed by atoms with van der Waals surface area (Å²) < 4.78 is 6.29. The van der Waals surface area contributed by atoms with Crippen molar-refractivity contribution in [3.63, 3.8) is 0 Å². The minimum Gasteiger partial charge on any atom is -0.485 e. The van der Waals surface area contributed by atoms with E-state index in [0.29, 0.717) is 11.8 Å². The van der Waals surface area contributed by atoms with E-state index in [1.54, 1.807) is 0 Å². The van der Waals surface area contributed by atoms with Crippen LogP contribution in [0.4, 0.5) is 5.69 Å². The predicted molar refractivity (Wildman–Crippen MR) is 85.0 cm³/mol. The summed E-state index contributed by atoms with van der Waals surface area (Å²) in [5.74, 6) is 1.90. The van der Waals surface area contributed by atoms with E-state index in [0.717, 1.165) is 17.7 Å². The number of para-hydroxylation sites is 1. The number of hydrogen-bond acceptors (Lipinski definition) is 3. The molecule has 2 unspecified atom stereocenters. The molecule has 0 bridgehead atoms. The summed E-state index contributed by atoms with van der Waals surface area (Å²) in [5, 5.41) is 3.36. The van der Waals surface area contributed by atoms with Crippen LogP contribution < -0.4 is 10.1 Å². The Balaban J connectivity index is 1.94. The summed E-state index contributed by atoms with van der Waals surface area (Å²) in [6.45, 7) is 4.22. The molecule has 3 rings (SSSR count). The third kappa shape index (κ3) is 2.78. The molecule has 2 aliphatic rings. The standard InChI is InChI=1S/C18H25NO2/c1-12(2)17-16(11-20)19-15-10-6-9-14(18(15)21-17)13-7-4-3-5-8-13/h6,9-13,16-17,19H,3-5,7-8H2,1-2H3. The van der Waals surface area contributed by atoms with E-state index in [4.69, 9.17) is 4.74 Å². The van der Waals surface area contributed by atoms with E-state index in [9.17, 15) is 4.79 Å². The van der Waals surface area contributed by atoms with Crippen LogP contribution in [0.3, 0.4) is 0 Å². The first-order chi connectivity index (χ1) is 10.2. The first kappa shape index (κ1) is 14.4. The number of carbonyl (C=O) groups is 1. The Morgan fingerprint density at radius 1 is 1.24 bits per heavy atom. The molecule has 0 amide bonds. The van der Waals surface area contributed by atoms with Gasteiger partial charge in [0.25, 0.3) is 0 Å². The van der Waals surface area contributed by atoms with Crippen molar-refractivity contribution < 1.29 is 9.53 Å². The maximum atomic E-state index is 11.3. The van der Waals surface area contributed by atoms with E-state index in [1.807, 2.05) is 6.07 Å². The fraction of sp³-hybridized carbons (Fsp3) is 0.611. The highest BCUT2D eigenvalue weighted by atomic mass is 16.5. The summed E-state index contributed by atoms with van der Waals surface area (Å²) >= 11 is 0.